The second-order valence-corrected chi connectivity index (χ2v) is 6.47. The fourth-order valence-corrected chi connectivity index (χ4v) is 3.22. The molecule has 0 amide bonds. The van der Waals surface area contributed by atoms with Crippen LogP contribution in [0.25, 0.3) is 0 Å². The SMILES string of the molecule is O=C(O)c1ccc(Br)cc1S(=O)CCCOCC(F)(F)F. The molecule has 0 aliphatic carbocycles. The van der Waals surface area contributed by atoms with Crippen molar-refractivity contribution in [3.63, 3.8) is 0 Å². The van der Waals surface area contributed by atoms with Crippen LogP contribution in [0, 0.1) is 0 Å². The molecule has 0 radical (unpaired) electrons. The molecule has 0 aliphatic rings. The summed E-state index contributed by atoms with van der Waals surface area (Å²) in [6.45, 7) is -1.54. The number of carboxylic acids is 1. The molecule has 0 aliphatic heterocycles. The summed E-state index contributed by atoms with van der Waals surface area (Å²) in [7, 11) is -1.62. The third kappa shape index (κ3) is 6.58. The molecular weight excluding hydrogens is 377 g/mol. The molecule has 1 aromatic carbocycles. The number of carboxylic acid groups (broad SMARTS) is 1. The Morgan fingerprint density at radius 3 is 2.62 bits per heavy atom. The van der Waals surface area contributed by atoms with E-state index < -0.39 is 29.6 Å². The average molecular weight is 389 g/mol. The summed E-state index contributed by atoms with van der Waals surface area (Å²) in [6, 6.07) is 4.26. The van der Waals surface area contributed by atoms with Crippen molar-refractivity contribution < 1.29 is 32.0 Å². The van der Waals surface area contributed by atoms with Crippen molar-refractivity contribution in [1.82, 2.24) is 0 Å². The van der Waals surface area contributed by atoms with Gasteiger partial charge in [0.1, 0.15) is 6.61 Å². The molecule has 9 heteroatoms. The maximum absolute atomic E-state index is 12.0. The third-order valence-corrected chi connectivity index (χ3v) is 4.28. The highest BCUT2D eigenvalue weighted by molar-refractivity contribution is 9.10. The van der Waals surface area contributed by atoms with Crippen LogP contribution in [0.1, 0.15) is 16.8 Å². The minimum absolute atomic E-state index is 0.0224. The fraction of sp³-hybridized carbons (Fsp3) is 0.417. The highest BCUT2D eigenvalue weighted by Crippen LogP contribution is 2.21. The van der Waals surface area contributed by atoms with Crippen molar-refractivity contribution >= 4 is 32.7 Å². The standard InChI is InChI=1S/C12H12BrF3O4S/c13-8-2-3-9(11(17)18)10(6-8)21(19)5-1-4-20-7-12(14,15)16/h2-3,6H,1,4-5,7H2,(H,17,18). The van der Waals surface area contributed by atoms with E-state index in [4.69, 9.17) is 5.11 Å². The molecular formula is C12H12BrF3O4S. The Labute approximate surface area is 129 Å². The minimum Gasteiger partial charge on any atom is -0.478 e. The van der Waals surface area contributed by atoms with Crippen molar-refractivity contribution in [3.8, 4) is 0 Å². The van der Waals surface area contributed by atoms with Crippen LogP contribution < -0.4 is 0 Å². The molecule has 0 saturated heterocycles. The summed E-state index contributed by atoms with van der Waals surface area (Å²) in [5, 5.41) is 9.01. The first-order valence-corrected chi connectivity index (χ1v) is 7.87. The molecule has 1 aromatic rings. The molecule has 21 heavy (non-hydrogen) atoms. The summed E-state index contributed by atoms with van der Waals surface area (Å²) in [4.78, 5) is 11.2. The van der Waals surface area contributed by atoms with E-state index in [0.717, 1.165) is 0 Å². The van der Waals surface area contributed by atoms with Gasteiger partial charge >= 0.3 is 12.1 Å². The van der Waals surface area contributed by atoms with E-state index in [9.17, 15) is 22.2 Å². The second kappa shape index (κ2) is 7.90. The van der Waals surface area contributed by atoms with Gasteiger partial charge in [-0.15, -0.1) is 0 Å². The van der Waals surface area contributed by atoms with E-state index in [1.165, 1.54) is 18.2 Å². The van der Waals surface area contributed by atoms with Crippen LogP contribution >= 0.6 is 15.9 Å². The van der Waals surface area contributed by atoms with Crippen molar-refractivity contribution in [1.29, 1.82) is 0 Å². The van der Waals surface area contributed by atoms with Crippen LogP contribution in [0.4, 0.5) is 13.2 Å². The molecule has 0 aromatic heterocycles. The van der Waals surface area contributed by atoms with E-state index in [-0.39, 0.29) is 29.2 Å². The minimum atomic E-state index is -4.39. The zero-order valence-electron chi connectivity index (χ0n) is 10.7. The number of alkyl halides is 3. The van der Waals surface area contributed by atoms with E-state index in [2.05, 4.69) is 20.7 Å². The van der Waals surface area contributed by atoms with Gasteiger partial charge in [-0.05, 0) is 24.6 Å². The number of halogens is 4. The molecule has 0 heterocycles. The molecule has 1 N–H and O–H groups in total. The monoisotopic (exact) mass is 388 g/mol. The van der Waals surface area contributed by atoms with Crippen LogP contribution in [-0.4, -0.2) is 40.4 Å². The number of benzene rings is 1. The van der Waals surface area contributed by atoms with Crippen molar-refractivity contribution in [2.45, 2.75) is 17.5 Å². The normalized spacial score (nSPS) is 13.1. The predicted molar refractivity (Wildman–Crippen MR) is 73.9 cm³/mol. The summed E-state index contributed by atoms with van der Waals surface area (Å²) < 4.78 is 52.5. The Morgan fingerprint density at radius 1 is 1.38 bits per heavy atom. The molecule has 1 unspecified atom stereocenters. The molecule has 0 bridgehead atoms. The van der Waals surface area contributed by atoms with Crippen molar-refractivity contribution in [2.24, 2.45) is 0 Å². The highest BCUT2D eigenvalue weighted by Gasteiger charge is 2.27. The zero-order valence-corrected chi connectivity index (χ0v) is 13.1. The molecule has 0 spiro atoms. The van der Waals surface area contributed by atoms with E-state index in [1.54, 1.807) is 0 Å². The lowest BCUT2D eigenvalue weighted by Gasteiger charge is -2.09. The van der Waals surface area contributed by atoms with Gasteiger partial charge in [0.05, 0.1) is 21.3 Å². The molecule has 4 nitrogen and oxygen atoms in total. The summed E-state index contributed by atoms with van der Waals surface area (Å²) in [6.07, 6.45) is -4.26. The fourth-order valence-electron chi connectivity index (χ4n) is 1.45. The first-order chi connectivity index (χ1) is 9.70. The van der Waals surface area contributed by atoms with Gasteiger partial charge in [0.25, 0.3) is 0 Å². The Balaban J connectivity index is 2.56. The van der Waals surface area contributed by atoms with Gasteiger partial charge in [-0.25, -0.2) is 4.79 Å². The number of hydrogen-bond donors (Lipinski definition) is 1. The van der Waals surface area contributed by atoms with Gasteiger partial charge in [-0.1, -0.05) is 15.9 Å². The predicted octanol–water partition coefficient (Wildman–Crippen LogP) is 3.22. The summed E-state index contributed by atoms with van der Waals surface area (Å²) in [5.74, 6) is -1.19. The molecule has 0 fully saturated rings. The topological polar surface area (TPSA) is 63.6 Å². The Kier molecular flexibility index (Phi) is 6.82. The van der Waals surface area contributed by atoms with Gasteiger partial charge in [0.2, 0.25) is 0 Å². The largest absolute Gasteiger partial charge is 0.478 e. The highest BCUT2D eigenvalue weighted by atomic mass is 79.9. The Bertz CT molecular complexity index is 534. The average Bonchev–Trinajstić information content (AvgIpc) is 2.36. The third-order valence-electron chi connectivity index (χ3n) is 2.30. The van der Waals surface area contributed by atoms with Gasteiger partial charge in [0, 0.05) is 16.8 Å². The number of ether oxygens (including phenoxy) is 1. The van der Waals surface area contributed by atoms with E-state index in [0.29, 0.717) is 4.47 Å². The zero-order chi connectivity index (χ0) is 16.0. The van der Waals surface area contributed by atoms with Crippen LogP contribution in [-0.2, 0) is 15.5 Å². The lowest BCUT2D eigenvalue weighted by Crippen LogP contribution is -2.18. The Morgan fingerprint density at radius 2 is 2.05 bits per heavy atom. The number of aromatic carboxylic acids is 1. The van der Waals surface area contributed by atoms with Crippen LogP contribution in [0.15, 0.2) is 27.6 Å². The first kappa shape index (κ1) is 18.1. The maximum atomic E-state index is 12.0. The number of carbonyl (C=O) groups is 1. The Hall–Kier alpha value is -0.930. The second-order valence-electron chi connectivity index (χ2n) is 4.02. The summed E-state index contributed by atoms with van der Waals surface area (Å²) in [5.41, 5.74) is -0.0901. The maximum Gasteiger partial charge on any atom is 0.411 e. The van der Waals surface area contributed by atoms with Crippen LogP contribution in [0.3, 0.4) is 0 Å². The van der Waals surface area contributed by atoms with Crippen LogP contribution in [0.5, 0.6) is 0 Å². The lowest BCUT2D eigenvalue weighted by molar-refractivity contribution is -0.173. The van der Waals surface area contributed by atoms with Crippen molar-refractivity contribution in [2.75, 3.05) is 19.0 Å². The van der Waals surface area contributed by atoms with E-state index in [1.807, 2.05) is 0 Å². The molecule has 118 valence electrons. The molecule has 0 saturated carbocycles. The quantitative estimate of drug-likeness (QED) is 0.728. The van der Waals surface area contributed by atoms with Gasteiger partial charge < -0.3 is 9.84 Å². The molecule has 1 rings (SSSR count). The number of hydrogen-bond acceptors (Lipinski definition) is 3. The van der Waals surface area contributed by atoms with Gasteiger partial charge in [-0.3, -0.25) is 4.21 Å². The summed E-state index contributed by atoms with van der Waals surface area (Å²) >= 11 is 3.15. The van der Waals surface area contributed by atoms with Crippen molar-refractivity contribution in [3.05, 3.63) is 28.2 Å². The molecule has 1 atom stereocenters. The van der Waals surface area contributed by atoms with Gasteiger partial charge in [0.15, 0.2) is 0 Å². The van der Waals surface area contributed by atoms with E-state index >= 15 is 0 Å². The van der Waals surface area contributed by atoms with Crippen LogP contribution in [0.2, 0.25) is 0 Å². The van der Waals surface area contributed by atoms with Gasteiger partial charge in [-0.2, -0.15) is 13.2 Å². The lowest BCUT2D eigenvalue weighted by atomic mass is 10.2. The smallest absolute Gasteiger partial charge is 0.411 e. The number of rotatable bonds is 7. The first-order valence-electron chi connectivity index (χ1n) is 5.76.